The lowest BCUT2D eigenvalue weighted by Gasteiger charge is -2.24. The second-order valence-electron chi connectivity index (χ2n) is 3.05. The van der Waals surface area contributed by atoms with E-state index in [1.165, 1.54) is 11.1 Å². The van der Waals surface area contributed by atoms with Gasteiger partial charge in [-0.3, -0.25) is 0 Å². The highest BCUT2D eigenvalue weighted by Gasteiger charge is 2.20. The van der Waals surface area contributed by atoms with E-state index < -0.39 is 0 Å². The van der Waals surface area contributed by atoms with E-state index in [-0.39, 0.29) is 6.29 Å². The topological polar surface area (TPSA) is 27.7 Å². The van der Waals surface area contributed by atoms with E-state index in [4.69, 9.17) is 4.74 Å². The van der Waals surface area contributed by atoms with Crippen LogP contribution in [0.2, 0.25) is 0 Å². The molecule has 0 bridgehead atoms. The summed E-state index contributed by atoms with van der Waals surface area (Å²) in [6.07, 6.45) is -0.181. The molecule has 1 aromatic rings. The van der Waals surface area contributed by atoms with Crippen molar-refractivity contribution in [2.45, 2.75) is 19.8 Å². The molecular weight excluding hydrogens is 168 g/mol. The van der Waals surface area contributed by atoms with Gasteiger partial charge in [-0.1, -0.05) is 24.3 Å². The van der Waals surface area contributed by atoms with Crippen LogP contribution >= 0.6 is 0 Å². The van der Waals surface area contributed by atoms with Crippen LogP contribution in [-0.2, 0) is 21.1 Å². The van der Waals surface area contributed by atoms with Crippen molar-refractivity contribution in [3.8, 4) is 0 Å². The van der Waals surface area contributed by atoms with Gasteiger partial charge < -0.3 is 4.74 Å². The van der Waals surface area contributed by atoms with Gasteiger partial charge in [-0.15, -0.1) is 0 Å². The molecule has 1 fully saturated rings. The number of benzene rings is 1. The molecule has 0 N–H and O–H groups in total. The van der Waals surface area contributed by atoms with Crippen LogP contribution in [0, 0.1) is 6.92 Å². The van der Waals surface area contributed by atoms with Crippen molar-refractivity contribution in [3.63, 3.8) is 0 Å². The highest BCUT2D eigenvalue weighted by Crippen LogP contribution is 2.13. The van der Waals surface area contributed by atoms with Crippen molar-refractivity contribution in [2.75, 3.05) is 6.61 Å². The summed E-state index contributed by atoms with van der Waals surface area (Å²) in [6.45, 7) is 3.18. The van der Waals surface area contributed by atoms with Crippen molar-refractivity contribution < 1.29 is 14.5 Å². The van der Waals surface area contributed by atoms with Crippen LogP contribution in [0.4, 0.5) is 0 Å². The summed E-state index contributed by atoms with van der Waals surface area (Å²) in [6, 6.07) is 8.14. The van der Waals surface area contributed by atoms with Crippen LogP contribution in [-0.4, -0.2) is 12.9 Å². The molecule has 1 aliphatic rings. The molecule has 70 valence electrons. The van der Waals surface area contributed by atoms with Crippen LogP contribution in [0.1, 0.15) is 11.1 Å². The molecular formula is C10H12O3. The summed E-state index contributed by atoms with van der Waals surface area (Å²) in [4.78, 5) is 9.20. The molecule has 0 aliphatic carbocycles. The molecule has 0 amide bonds. The number of aryl methyl sites for hydroxylation is 1. The van der Waals surface area contributed by atoms with E-state index in [1.807, 2.05) is 12.1 Å². The molecule has 3 heteroatoms. The van der Waals surface area contributed by atoms with Crippen LogP contribution < -0.4 is 0 Å². The Balaban J connectivity index is 1.89. The summed E-state index contributed by atoms with van der Waals surface area (Å²) in [5.41, 5.74) is 2.43. The van der Waals surface area contributed by atoms with E-state index in [2.05, 4.69) is 28.8 Å². The van der Waals surface area contributed by atoms with Crippen molar-refractivity contribution in [2.24, 2.45) is 0 Å². The zero-order valence-electron chi connectivity index (χ0n) is 7.53. The number of rotatable bonds is 3. The van der Waals surface area contributed by atoms with Gasteiger partial charge in [-0.2, -0.15) is 0 Å². The van der Waals surface area contributed by atoms with Gasteiger partial charge in [-0.25, -0.2) is 9.78 Å². The van der Waals surface area contributed by atoms with Gasteiger partial charge in [-0.05, 0) is 18.1 Å². The van der Waals surface area contributed by atoms with Crippen molar-refractivity contribution in [1.29, 1.82) is 0 Å². The Morgan fingerprint density at radius 1 is 1.46 bits per heavy atom. The molecule has 1 heterocycles. The first kappa shape index (κ1) is 8.69. The summed E-state index contributed by atoms with van der Waals surface area (Å²) in [5, 5.41) is 0. The fraction of sp³-hybridized carbons (Fsp3) is 0.400. The first-order chi connectivity index (χ1) is 6.36. The Kier molecular flexibility index (Phi) is 2.59. The summed E-state index contributed by atoms with van der Waals surface area (Å²) in [5.74, 6) is 0. The Labute approximate surface area is 77.2 Å². The fourth-order valence-corrected chi connectivity index (χ4v) is 1.15. The molecule has 0 saturated carbocycles. The highest BCUT2D eigenvalue weighted by molar-refractivity contribution is 5.24. The molecule has 0 aromatic heterocycles. The van der Waals surface area contributed by atoms with Crippen LogP contribution in [0.15, 0.2) is 24.3 Å². The second-order valence-corrected chi connectivity index (χ2v) is 3.05. The normalized spacial score (nSPS) is 21.2. The first-order valence-electron chi connectivity index (χ1n) is 4.30. The van der Waals surface area contributed by atoms with Gasteiger partial charge >= 0.3 is 0 Å². The predicted molar refractivity (Wildman–Crippen MR) is 46.8 cm³/mol. The lowest BCUT2D eigenvalue weighted by atomic mass is 10.1. The van der Waals surface area contributed by atoms with Gasteiger partial charge in [0.15, 0.2) is 0 Å². The maximum absolute atomic E-state index is 5.40. The van der Waals surface area contributed by atoms with E-state index in [1.54, 1.807) is 0 Å². The maximum Gasteiger partial charge on any atom is 0.218 e. The average Bonchev–Trinajstić information content (AvgIpc) is 2.05. The minimum Gasteiger partial charge on any atom is -0.343 e. The smallest absolute Gasteiger partial charge is 0.218 e. The Morgan fingerprint density at radius 3 is 2.85 bits per heavy atom. The Bertz CT molecular complexity index is 281. The summed E-state index contributed by atoms with van der Waals surface area (Å²) < 4.78 is 5.40. The van der Waals surface area contributed by atoms with E-state index in [0.717, 1.165) is 0 Å². The van der Waals surface area contributed by atoms with Crippen molar-refractivity contribution >= 4 is 0 Å². The molecule has 1 atom stereocenters. The van der Waals surface area contributed by atoms with Crippen LogP contribution in [0.25, 0.3) is 0 Å². The SMILES string of the molecule is Cc1ccccc1COC1COO1. The van der Waals surface area contributed by atoms with Crippen molar-refractivity contribution in [1.82, 2.24) is 0 Å². The minimum absolute atomic E-state index is 0.181. The molecule has 2 rings (SSSR count). The van der Waals surface area contributed by atoms with E-state index >= 15 is 0 Å². The second kappa shape index (κ2) is 3.87. The molecule has 0 radical (unpaired) electrons. The van der Waals surface area contributed by atoms with Gasteiger partial charge in [0.1, 0.15) is 6.61 Å². The van der Waals surface area contributed by atoms with Crippen LogP contribution in [0.3, 0.4) is 0 Å². The quantitative estimate of drug-likeness (QED) is 0.664. The largest absolute Gasteiger partial charge is 0.343 e. The van der Waals surface area contributed by atoms with Crippen molar-refractivity contribution in [3.05, 3.63) is 35.4 Å². The third kappa shape index (κ3) is 2.06. The zero-order valence-corrected chi connectivity index (χ0v) is 7.53. The molecule has 3 nitrogen and oxygen atoms in total. The summed E-state index contributed by atoms with van der Waals surface area (Å²) >= 11 is 0. The monoisotopic (exact) mass is 180 g/mol. The standard InChI is InChI=1S/C10H12O3/c1-8-4-2-3-5-9(8)6-11-10-7-12-13-10/h2-5,10H,6-7H2,1H3. The summed E-state index contributed by atoms with van der Waals surface area (Å²) in [7, 11) is 0. The van der Waals surface area contributed by atoms with Gasteiger partial charge in [0.05, 0.1) is 6.61 Å². The van der Waals surface area contributed by atoms with Gasteiger partial charge in [0, 0.05) is 0 Å². The molecule has 1 unspecified atom stereocenters. The zero-order chi connectivity index (χ0) is 9.10. The Morgan fingerprint density at radius 2 is 2.23 bits per heavy atom. The predicted octanol–water partition coefficient (Wildman–Crippen LogP) is 1.80. The first-order valence-corrected chi connectivity index (χ1v) is 4.30. The number of hydrogen-bond donors (Lipinski definition) is 0. The molecule has 1 saturated heterocycles. The number of hydrogen-bond acceptors (Lipinski definition) is 3. The highest BCUT2D eigenvalue weighted by atomic mass is 17.3. The van der Waals surface area contributed by atoms with Crippen LogP contribution in [0.5, 0.6) is 0 Å². The fourth-order valence-electron chi connectivity index (χ4n) is 1.15. The maximum atomic E-state index is 5.40. The molecule has 13 heavy (non-hydrogen) atoms. The molecule has 0 spiro atoms. The third-order valence-corrected chi connectivity index (χ3v) is 2.07. The van der Waals surface area contributed by atoms with E-state index in [0.29, 0.717) is 13.2 Å². The lowest BCUT2D eigenvalue weighted by Crippen LogP contribution is -2.33. The van der Waals surface area contributed by atoms with Gasteiger partial charge in [0.2, 0.25) is 6.29 Å². The number of ether oxygens (including phenoxy) is 1. The molecule has 1 aliphatic heterocycles. The molecule has 1 aromatic carbocycles. The Hall–Kier alpha value is -0.900. The van der Waals surface area contributed by atoms with Gasteiger partial charge in [0.25, 0.3) is 0 Å². The van der Waals surface area contributed by atoms with E-state index in [9.17, 15) is 0 Å². The average molecular weight is 180 g/mol. The third-order valence-electron chi connectivity index (χ3n) is 2.07. The lowest BCUT2D eigenvalue weighted by molar-refractivity contribution is -0.484. The minimum atomic E-state index is -0.181.